The van der Waals surface area contributed by atoms with Gasteiger partial charge in [0.05, 0.1) is 0 Å². The van der Waals surface area contributed by atoms with Gasteiger partial charge in [0.15, 0.2) is 0 Å². The van der Waals surface area contributed by atoms with E-state index in [2.05, 4.69) is 15.5 Å². The largest absolute Gasteiger partial charge is 0.296 e. The number of hydrogen-bond acceptors (Lipinski definition) is 5. The molecule has 8 heteroatoms. The topological polar surface area (TPSA) is 54.9 Å². The monoisotopic (exact) mass is 301 g/mol. The molecule has 0 aliphatic rings. The second-order valence-corrected chi connectivity index (χ2v) is 5.73. The van der Waals surface area contributed by atoms with Crippen molar-refractivity contribution in [3.8, 4) is 0 Å². The molecule has 0 atom stereocenters. The van der Waals surface area contributed by atoms with E-state index in [0.29, 0.717) is 27.4 Å². The van der Waals surface area contributed by atoms with Gasteiger partial charge in [-0.1, -0.05) is 23.1 Å². The van der Waals surface area contributed by atoms with Crippen molar-refractivity contribution in [2.24, 2.45) is 0 Å². The Labute approximate surface area is 116 Å². The zero-order valence-corrected chi connectivity index (χ0v) is 11.4. The number of nitrogens with one attached hydrogen (secondary N) is 1. The number of carbonyl (C=O) groups excluding carboxylic acids is 1. The molecule has 1 aromatic carbocycles. The van der Waals surface area contributed by atoms with Crippen molar-refractivity contribution < 1.29 is 13.6 Å². The summed E-state index contributed by atoms with van der Waals surface area (Å²) in [7, 11) is 0. The SMILES string of the molecule is Cc1nnc(NC(=O)c2ccc(SC(F)F)cc2)s1. The first-order valence-electron chi connectivity index (χ1n) is 5.21. The van der Waals surface area contributed by atoms with Gasteiger partial charge in [-0.15, -0.1) is 10.2 Å². The Morgan fingerprint density at radius 1 is 1.32 bits per heavy atom. The summed E-state index contributed by atoms with van der Waals surface area (Å²) in [5.74, 6) is -2.81. The Morgan fingerprint density at radius 3 is 2.53 bits per heavy atom. The maximum Gasteiger partial charge on any atom is 0.288 e. The molecule has 0 spiro atoms. The quantitative estimate of drug-likeness (QED) is 0.879. The lowest BCUT2D eigenvalue weighted by atomic mass is 10.2. The van der Waals surface area contributed by atoms with Crippen LogP contribution in [0.4, 0.5) is 13.9 Å². The van der Waals surface area contributed by atoms with Crippen LogP contribution in [0.1, 0.15) is 15.4 Å². The van der Waals surface area contributed by atoms with E-state index in [1.807, 2.05) is 0 Å². The van der Waals surface area contributed by atoms with Gasteiger partial charge in [-0.2, -0.15) is 8.78 Å². The van der Waals surface area contributed by atoms with E-state index in [1.165, 1.54) is 35.6 Å². The highest BCUT2D eigenvalue weighted by Crippen LogP contribution is 2.25. The van der Waals surface area contributed by atoms with E-state index in [-0.39, 0.29) is 5.91 Å². The lowest BCUT2D eigenvalue weighted by molar-refractivity contribution is 0.102. The van der Waals surface area contributed by atoms with Gasteiger partial charge in [-0.05, 0) is 31.2 Å². The number of amides is 1. The van der Waals surface area contributed by atoms with Gasteiger partial charge in [0.25, 0.3) is 11.7 Å². The van der Waals surface area contributed by atoms with Crippen molar-refractivity contribution in [2.45, 2.75) is 17.6 Å². The molecule has 0 unspecified atom stereocenters. The molecular weight excluding hydrogens is 292 g/mol. The molecule has 0 radical (unpaired) electrons. The highest BCUT2D eigenvalue weighted by atomic mass is 32.2. The molecule has 0 fully saturated rings. The first kappa shape index (κ1) is 13.9. The van der Waals surface area contributed by atoms with Gasteiger partial charge in [0.2, 0.25) is 5.13 Å². The molecule has 2 rings (SSSR count). The Morgan fingerprint density at radius 2 is 2.00 bits per heavy atom. The van der Waals surface area contributed by atoms with Crippen molar-refractivity contribution >= 4 is 34.1 Å². The van der Waals surface area contributed by atoms with Crippen LogP contribution in [0.5, 0.6) is 0 Å². The summed E-state index contributed by atoms with van der Waals surface area (Å²) < 4.78 is 24.3. The smallest absolute Gasteiger partial charge is 0.288 e. The molecule has 0 aliphatic carbocycles. The zero-order chi connectivity index (χ0) is 13.8. The number of rotatable bonds is 4. The molecule has 0 saturated heterocycles. The van der Waals surface area contributed by atoms with Crippen LogP contribution >= 0.6 is 23.1 Å². The summed E-state index contributed by atoms with van der Waals surface area (Å²) in [6, 6.07) is 5.95. The number of anilines is 1. The van der Waals surface area contributed by atoms with Crippen molar-refractivity contribution in [3.63, 3.8) is 0 Å². The van der Waals surface area contributed by atoms with Crippen molar-refractivity contribution in [2.75, 3.05) is 5.32 Å². The van der Waals surface area contributed by atoms with Crippen LogP contribution in [-0.4, -0.2) is 21.9 Å². The zero-order valence-electron chi connectivity index (χ0n) is 9.76. The first-order valence-corrected chi connectivity index (χ1v) is 6.90. The summed E-state index contributed by atoms with van der Waals surface area (Å²) in [4.78, 5) is 12.2. The summed E-state index contributed by atoms with van der Waals surface area (Å²) in [6.07, 6.45) is 0. The Balaban J connectivity index is 2.03. The predicted octanol–water partition coefficient (Wildman–Crippen LogP) is 3.41. The highest BCUT2D eigenvalue weighted by molar-refractivity contribution is 7.99. The van der Waals surface area contributed by atoms with Crippen molar-refractivity contribution in [1.82, 2.24) is 10.2 Å². The molecule has 2 aromatic rings. The van der Waals surface area contributed by atoms with E-state index in [1.54, 1.807) is 6.92 Å². The summed E-state index contributed by atoms with van der Waals surface area (Å²) in [5.41, 5.74) is 0.381. The van der Waals surface area contributed by atoms with Crippen LogP contribution < -0.4 is 5.32 Å². The molecule has 1 aromatic heterocycles. The fourth-order valence-corrected chi connectivity index (χ4v) is 2.39. The van der Waals surface area contributed by atoms with Crippen molar-refractivity contribution in [3.05, 3.63) is 34.8 Å². The van der Waals surface area contributed by atoms with Gasteiger partial charge in [0, 0.05) is 10.5 Å². The minimum absolute atomic E-state index is 0.343. The van der Waals surface area contributed by atoms with Crippen LogP contribution in [0.25, 0.3) is 0 Å². The van der Waals surface area contributed by atoms with Crippen LogP contribution in [0, 0.1) is 6.92 Å². The summed E-state index contributed by atoms with van der Waals surface area (Å²) >= 11 is 1.71. The van der Waals surface area contributed by atoms with E-state index < -0.39 is 5.76 Å². The lowest BCUT2D eigenvalue weighted by Crippen LogP contribution is -2.11. The van der Waals surface area contributed by atoms with Gasteiger partial charge in [0.1, 0.15) is 5.01 Å². The third-order valence-electron chi connectivity index (χ3n) is 2.09. The summed E-state index contributed by atoms with van der Waals surface area (Å²) in [6.45, 7) is 1.78. The number of hydrogen-bond donors (Lipinski definition) is 1. The molecule has 4 nitrogen and oxygen atoms in total. The van der Waals surface area contributed by atoms with E-state index >= 15 is 0 Å². The molecule has 19 heavy (non-hydrogen) atoms. The lowest BCUT2D eigenvalue weighted by Gasteiger charge is -2.03. The minimum atomic E-state index is -2.47. The Hall–Kier alpha value is -1.54. The number of aromatic nitrogens is 2. The van der Waals surface area contributed by atoms with Gasteiger partial charge >= 0.3 is 0 Å². The average Bonchev–Trinajstić information content (AvgIpc) is 2.75. The van der Waals surface area contributed by atoms with Crippen molar-refractivity contribution in [1.29, 1.82) is 0 Å². The van der Waals surface area contributed by atoms with Gasteiger partial charge < -0.3 is 0 Å². The summed E-state index contributed by atoms with van der Waals surface area (Å²) in [5, 5.41) is 11.3. The fourth-order valence-electron chi connectivity index (χ4n) is 1.30. The molecular formula is C11H9F2N3OS2. The third kappa shape index (κ3) is 3.97. The van der Waals surface area contributed by atoms with Gasteiger partial charge in [-0.25, -0.2) is 0 Å². The molecule has 1 N–H and O–H groups in total. The predicted molar refractivity (Wildman–Crippen MR) is 70.9 cm³/mol. The second-order valence-electron chi connectivity index (χ2n) is 3.48. The number of carbonyl (C=O) groups is 1. The maximum atomic E-state index is 12.1. The van der Waals surface area contributed by atoms with E-state index in [4.69, 9.17) is 0 Å². The Kier molecular flexibility index (Phi) is 4.43. The highest BCUT2D eigenvalue weighted by Gasteiger charge is 2.10. The number of nitrogens with zero attached hydrogens (tertiary/aromatic N) is 2. The normalized spacial score (nSPS) is 10.7. The number of thioether (sulfide) groups is 1. The first-order chi connectivity index (χ1) is 9.04. The van der Waals surface area contributed by atoms with E-state index in [9.17, 15) is 13.6 Å². The molecule has 1 amide bonds. The van der Waals surface area contributed by atoms with Crippen LogP contribution in [-0.2, 0) is 0 Å². The van der Waals surface area contributed by atoms with Crippen LogP contribution in [0.3, 0.4) is 0 Å². The maximum absolute atomic E-state index is 12.1. The Bertz CT molecular complexity index is 572. The molecule has 100 valence electrons. The average molecular weight is 301 g/mol. The van der Waals surface area contributed by atoms with E-state index in [0.717, 1.165) is 5.01 Å². The van der Waals surface area contributed by atoms with Crippen LogP contribution in [0.15, 0.2) is 29.2 Å². The molecule has 0 bridgehead atoms. The fraction of sp³-hybridized carbons (Fsp3) is 0.182. The third-order valence-corrected chi connectivity index (χ3v) is 3.56. The minimum Gasteiger partial charge on any atom is -0.296 e. The molecule has 0 aliphatic heterocycles. The standard InChI is InChI=1S/C11H9F2N3OS2/c1-6-15-16-11(18-6)14-9(17)7-2-4-8(5-3-7)19-10(12)13/h2-5,10H,1H3,(H,14,16,17). The molecule has 1 heterocycles. The number of benzene rings is 1. The molecule has 0 saturated carbocycles. The van der Waals surface area contributed by atoms with Gasteiger partial charge in [-0.3, -0.25) is 10.1 Å². The number of alkyl halides is 2. The second kappa shape index (κ2) is 6.07. The number of aryl methyl sites for hydroxylation is 1. The number of halogens is 2. The van der Waals surface area contributed by atoms with Crippen LogP contribution in [0.2, 0.25) is 0 Å².